The predicted octanol–water partition coefficient (Wildman–Crippen LogP) is 1.27. The first-order chi connectivity index (χ1) is 4.29. The van der Waals surface area contributed by atoms with Crippen molar-refractivity contribution in [2.24, 2.45) is 5.92 Å². The van der Waals surface area contributed by atoms with E-state index in [1.807, 2.05) is 0 Å². The van der Waals surface area contributed by atoms with Gasteiger partial charge in [0, 0.05) is 12.1 Å². The SMILES string of the molecule is C[C@@H]1C2C=C[C@H](C2)N1C. The monoisotopic (exact) mass is 123 g/mol. The molecule has 0 aromatic heterocycles. The Kier molecular flexibility index (Phi) is 0.974. The van der Waals surface area contributed by atoms with Crippen LogP contribution in [0, 0.1) is 5.92 Å². The smallest absolute Gasteiger partial charge is 0.0284 e. The lowest BCUT2D eigenvalue weighted by Gasteiger charge is -2.24. The molecule has 1 aliphatic carbocycles. The van der Waals surface area contributed by atoms with Crippen LogP contribution >= 0.6 is 0 Å². The van der Waals surface area contributed by atoms with Gasteiger partial charge in [0.25, 0.3) is 0 Å². The fraction of sp³-hybridized carbons (Fsp3) is 0.750. The molecule has 1 nitrogen and oxygen atoms in total. The van der Waals surface area contributed by atoms with Crippen LogP contribution in [0.2, 0.25) is 0 Å². The van der Waals surface area contributed by atoms with Gasteiger partial charge in [0.1, 0.15) is 0 Å². The van der Waals surface area contributed by atoms with Gasteiger partial charge in [0.05, 0.1) is 0 Å². The van der Waals surface area contributed by atoms with Crippen molar-refractivity contribution in [2.75, 3.05) is 7.05 Å². The van der Waals surface area contributed by atoms with Crippen molar-refractivity contribution in [3.8, 4) is 0 Å². The van der Waals surface area contributed by atoms with Gasteiger partial charge in [0.2, 0.25) is 0 Å². The molecule has 0 spiro atoms. The molecular formula is C8H13N. The third kappa shape index (κ3) is 0.584. The maximum atomic E-state index is 2.46. The Labute approximate surface area is 56.4 Å². The number of hydrogen-bond donors (Lipinski definition) is 0. The van der Waals surface area contributed by atoms with Crippen LogP contribution in [0.1, 0.15) is 13.3 Å². The minimum absolute atomic E-state index is 0.769. The first kappa shape index (κ1) is 5.48. The average Bonchev–Trinajstić information content (AvgIpc) is 2.37. The first-order valence-corrected chi connectivity index (χ1v) is 3.69. The molecule has 0 radical (unpaired) electrons. The largest absolute Gasteiger partial charge is 0.297 e. The lowest BCUT2D eigenvalue weighted by atomic mass is 10.1. The molecule has 0 N–H and O–H groups in total. The van der Waals surface area contributed by atoms with Gasteiger partial charge in [-0.3, -0.25) is 4.90 Å². The molecule has 0 saturated carbocycles. The van der Waals surface area contributed by atoms with Crippen LogP contribution in [0.15, 0.2) is 12.2 Å². The molecule has 1 heterocycles. The minimum atomic E-state index is 0.769. The van der Waals surface area contributed by atoms with Crippen molar-refractivity contribution in [1.29, 1.82) is 0 Å². The van der Waals surface area contributed by atoms with Crippen LogP contribution in [0.3, 0.4) is 0 Å². The van der Waals surface area contributed by atoms with Crippen LogP contribution in [0.4, 0.5) is 0 Å². The lowest BCUT2D eigenvalue weighted by Crippen LogP contribution is -2.32. The zero-order valence-electron chi connectivity index (χ0n) is 6.04. The molecule has 0 aromatic carbocycles. The van der Waals surface area contributed by atoms with Gasteiger partial charge in [-0.15, -0.1) is 0 Å². The van der Waals surface area contributed by atoms with E-state index in [-0.39, 0.29) is 0 Å². The number of hydrogen-bond acceptors (Lipinski definition) is 1. The molecule has 2 aliphatic rings. The van der Waals surface area contributed by atoms with Gasteiger partial charge >= 0.3 is 0 Å². The summed E-state index contributed by atoms with van der Waals surface area (Å²) in [7, 11) is 2.22. The van der Waals surface area contributed by atoms with E-state index >= 15 is 0 Å². The zero-order chi connectivity index (χ0) is 6.43. The van der Waals surface area contributed by atoms with Crippen molar-refractivity contribution in [3.63, 3.8) is 0 Å². The van der Waals surface area contributed by atoms with E-state index < -0.39 is 0 Å². The molecule has 9 heavy (non-hydrogen) atoms. The third-order valence-corrected chi connectivity index (χ3v) is 2.88. The Morgan fingerprint density at radius 1 is 1.44 bits per heavy atom. The van der Waals surface area contributed by atoms with Crippen molar-refractivity contribution in [1.82, 2.24) is 4.90 Å². The van der Waals surface area contributed by atoms with E-state index in [0.29, 0.717) is 0 Å². The standard InChI is InChI=1S/C8H13N/c1-6-7-3-4-8(5-7)9(6)2/h3-4,6-8H,5H2,1-2H3/t6-,7?,8-/m1/s1. The molecule has 1 unspecified atom stereocenters. The average molecular weight is 123 g/mol. The fourth-order valence-corrected chi connectivity index (χ4v) is 1.97. The van der Waals surface area contributed by atoms with E-state index in [2.05, 4.69) is 31.0 Å². The molecule has 2 rings (SSSR count). The molecular weight excluding hydrogens is 110 g/mol. The van der Waals surface area contributed by atoms with Crippen LogP contribution in [0.5, 0.6) is 0 Å². The molecule has 1 aliphatic heterocycles. The predicted molar refractivity (Wildman–Crippen MR) is 38.3 cm³/mol. The molecule has 1 fully saturated rings. The van der Waals surface area contributed by atoms with Gasteiger partial charge < -0.3 is 0 Å². The number of rotatable bonds is 0. The van der Waals surface area contributed by atoms with Gasteiger partial charge in [0.15, 0.2) is 0 Å². The van der Waals surface area contributed by atoms with E-state index in [4.69, 9.17) is 0 Å². The Hall–Kier alpha value is -0.300. The van der Waals surface area contributed by atoms with E-state index in [0.717, 1.165) is 18.0 Å². The molecule has 2 bridgehead atoms. The highest BCUT2D eigenvalue weighted by molar-refractivity contribution is 5.15. The van der Waals surface area contributed by atoms with Gasteiger partial charge in [-0.2, -0.15) is 0 Å². The van der Waals surface area contributed by atoms with Crippen LogP contribution in [-0.2, 0) is 0 Å². The number of fused-ring (bicyclic) bond motifs is 2. The highest BCUT2D eigenvalue weighted by Gasteiger charge is 2.36. The van der Waals surface area contributed by atoms with E-state index in [1.54, 1.807) is 0 Å². The van der Waals surface area contributed by atoms with Crippen LogP contribution in [-0.4, -0.2) is 24.0 Å². The normalized spacial score (nSPS) is 48.9. The van der Waals surface area contributed by atoms with Crippen LogP contribution in [0.25, 0.3) is 0 Å². The lowest BCUT2D eigenvalue weighted by molar-refractivity contribution is 0.264. The maximum Gasteiger partial charge on any atom is 0.0284 e. The summed E-state index contributed by atoms with van der Waals surface area (Å²) >= 11 is 0. The second kappa shape index (κ2) is 1.60. The molecule has 0 amide bonds. The maximum absolute atomic E-state index is 2.46. The summed E-state index contributed by atoms with van der Waals surface area (Å²) in [4.78, 5) is 2.46. The number of likely N-dealkylation sites (tertiary alicyclic amines) is 1. The summed E-state index contributed by atoms with van der Waals surface area (Å²) in [5.74, 6) is 0.861. The number of likely N-dealkylation sites (N-methyl/N-ethyl adjacent to an activating group) is 1. The minimum Gasteiger partial charge on any atom is -0.297 e. The highest BCUT2D eigenvalue weighted by Crippen LogP contribution is 2.35. The van der Waals surface area contributed by atoms with Gasteiger partial charge in [-0.25, -0.2) is 0 Å². The molecule has 3 atom stereocenters. The Morgan fingerprint density at radius 2 is 2.22 bits per heavy atom. The summed E-state index contributed by atoms with van der Waals surface area (Å²) in [6, 6.07) is 1.56. The van der Waals surface area contributed by atoms with E-state index in [9.17, 15) is 0 Å². The van der Waals surface area contributed by atoms with Crippen molar-refractivity contribution in [3.05, 3.63) is 12.2 Å². The van der Waals surface area contributed by atoms with Crippen molar-refractivity contribution >= 4 is 0 Å². The Bertz CT molecular complexity index is 135. The Morgan fingerprint density at radius 3 is 2.56 bits per heavy atom. The summed E-state index contributed by atoms with van der Waals surface area (Å²) in [5, 5.41) is 0. The second-order valence-corrected chi connectivity index (χ2v) is 3.26. The summed E-state index contributed by atoms with van der Waals surface area (Å²) < 4.78 is 0. The third-order valence-electron chi connectivity index (χ3n) is 2.88. The first-order valence-electron chi connectivity index (χ1n) is 3.69. The molecule has 1 saturated heterocycles. The van der Waals surface area contributed by atoms with Crippen molar-refractivity contribution in [2.45, 2.75) is 25.4 Å². The summed E-state index contributed by atoms with van der Waals surface area (Å²) in [5.41, 5.74) is 0. The Balaban J connectivity index is 2.26. The fourth-order valence-electron chi connectivity index (χ4n) is 1.97. The van der Waals surface area contributed by atoms with Crippen molar-refractivity contribution < 1.29 is 0 Å². The van der Waals surface area contributed by atoms with E-state index in [1.165, 1.54) is 6.42 Å². The summed E-state index contributed by atoms with van der Waals surface area (Å²) in [6.07, 6.45) is 6.08. The topological polar surface area (TPSA) is 3.24 Å². The summed E-state index contributed by atoms with van der Waals surface area (Å²) in [6.45, 7) is 2.31. The van der Waals surface area contributed by atoms with Gasteiger partial charge in [-0.05, 0) is 26.3 Å². The molecule has 0 aromatic rings. The molecule has 1 heteroatoms. The quantitative estimate of drug-likeness (QED) is 0.438. The van der Waals surface area contributed by atoms with Gasteiger partial charge in [-0.1, -0.05) is 12.2 Å². The molecule has 50 valence electrons. The number of nitrogens with zero attached hydrogens (tertiary/aromatic N) is 1. The van der Waals surface area contributed by atoms with Crippen LogP contribution < -0.4 is 0 Å². The highest BCUT2D eigenvalue weighted by atomic mass is 15.2. The zero-order valence-corrected chi connectivity index (χ0v) is 6.04. The second-order valence-electron chi connectivity index (χ2n) is 3.26.